The number of anilines is 1. The Balaban J connectivity index is 3.13. The smallest absolute Gasteiger partial charge is 0.311 e. The molecule has 0 saturated heterocycles. The minimum atomic E-state index is -0.631. The number of halogens is 2. The summed E-state index contributed by atoms with van der Waals surface area (Å²) in [5, 5.41) is 2.34. The number of carbonyl (C=O) groups is 1. The van der Waals surface area contributed by atoms with Crippen LogP contribution in [-0.4, -0.2) is 5.37 Å². The van der Waals surface area contributed by atoms with Gasteiger partial charge in [0.2, 0.25) is 0 Å². The third-order valence-corrected chi connectivity index (χ3v) is 2.05. The van der Waals surface area contributed by atoms with Crippen LogP contribution in [0.1, 0.15) is 11.1 Å². The lowest BCUT2D eigenvalue weighted by atomic mass is 10.1. The van der Waals surface area contributed by atoms with Crippen LogP contribution in [-0.2, 0) is 0 Å². The molecule has 0 aliphatic heterocycles. The number of hydrogen-bond acceptors (Lipinski definition) is 1. The van der Waals surface area contributed by atoms with Crippen LogP contribution in [0, 0.1) is 13.8 Å². The molecule has 70 valence electrons. The van der Waals surface area contributed by atoms with Crippen molar-refractivity contribution >= 4 is 34.3 Å². The first-order chi connectivity index (χ1) is 6.00. The fourth-order valence-corrected chi connectivity index (χ4v) is 1.64. The van der Waals surface area contributed by atoms with Crippen molar-refractivity contribution in [2.75, 3.05) is 5.32 Å². The largest absolute Gasteiger partial charge is 0.318 e. The average molecular weight is 218 g/mol. The van der Waals surface area contributed by atoms with Crippen LogP contribution < -0.4 is 5.32 Å². The van der Waals surface area contributed by atoms with Gasteiger partial charge in [-0.25, -0.2) is 0 Å². The summed E-state index contributed by atoms with van der Waals surface area (Å²) in [6, 6.07) is 3.70. The van der Waals surface area contributed by atoms with Gasteiger partial charge in [0.15, 0.2) is 0 Å². The Kier molecular flexibility index (Phi) is 3.17. The molecule has 0 heterocycles. The molecule has 2 nitrogen and oxygen atoms in total. The SMILES string of the molecule is Cc1cc(C)c(NC(=O)Cl)c(Cl)c1. The molecule has 0 spiro atoms. The highest BCUT2D eigenvalue weighted by atomic mass is 35.5. The summed E-state index contributed by atoms with van der Waals surface area (Å²) < 4.78 is 0. The third kappa shape index (κ3) is 2.61. The second kappa shape index (κ2) is 3.99. The summed E-state index contributed by atoms with van der Waals surface area (Å²) in [4.78, 5) is 10.6. The fraction of sp³-hybridized carbons (Fsp3) is 0.222. The number of hydrogen-bond donors (Lipinski definition) is 1. The molecule has 0 aliphatic carbocycles. The Morgan fingerprint density at radius 1 is 1.38 bits per heavy atom. The van der Waals surface area contributed by atoms with E-state index in [-0.39, 0.29) is 0 Å². The van der Waals surface area contributed by atoms with E-state index >= 15 is 0 Å². The summed E-state index contributed by atoms with van der Waals surface area (Å²) in [6.07, 6.45) is 0. The molecule has 1 aromatic rings. The van der Waals surface area contributed by atoms with Gasteiger partial charge in [-0.2, -0.15) is 0 Å². The normalized spacial score (nSPS) is 9.85. The fourth-order valence-electron chi connectivity index (χ4n) is 1.17. The quantitative estimate of drug-likeness (QED) is 0.564. The lowest BCUT2D eigenvalue weighted by Gasteiger charge is -2.08. The molecule has 1 rings (SSSR count). The number of amides is 1. The minimum absolute atomic E-state index is 0.506. The standard InChI is InChI=1S/C9H9Cl2NO/c1-5-3-6(2)8(7(10)4-5)12-9(11)13/h3-4H,1-2H3,(H,12,13). The van der Waals surface area contributed by atoms with Gasteiger partial charge < -0.3 is 5.32 Å². The van der Waals surface area contributed by atoms with Crippen LogP contribution in [0.2, 0.25) is 5.02 Å². The zero-order chi connectivity index (χ0) is 10.0. The third-order valence-electron chi connectivity index (χ3n) is 1.66. The Bertz CT molecular complexity index is 326. The van der Waals surface area contributed by atoms with Crippen LogP contribution in [0.15, 0.2) is 12.1 Å². The van der Waals surface area contributed by atoms with Crippen molar-refractivity contribution in [1.82, 2.24) is 0 Å². The Morgan fingerprint density at radius 3 is 2.46 bits per heavy atom. The monoisotopic (exact) mass is 217 g/mol. The molecular weight excluding hydrogens is 209 g/mol. The molecule has 1 amide bonds. The van der Waals surface area contributed by atoms with E-state index in [1.54, 1.807) is 6.07 Å². The van der Waals surface area contributed by atoms with Crippen LogP contribution in [0.3, 0.4) is 0 Å². The van der Waals surface area contributed by atoms with Crippen molar-refractivity contribution in [1.29, 1.82) is 0 Å². The van der Waals surface area contributed by atoms with E-state index in [4.69, 9.17) is 23.2 Å². The van der Waals surface area contributed by atoms with Crippen LogP contribution in [0.25, 0.3) is 0 Å². The number of benzene rings is 1. The molecule has 13 heavy (non-hydrogen) atoms. The van der Waals surface area contributed by atoms with Gasteiger partial charge in [0.1, 0.15) is 0 Å². The predicted octanol–water partition coefficient (Wildman–Crippen LogP) is 3.73. The number of carbonyl (C=O) groups excluding carboxylic acids is 1. The molecular formula is C9H9Cl2NO. The molecule has 1 aromatic carbocycles. The first-order valence-corrected chi connectivity index (χ1v) is 4.49. The molecule has 0 saturated carbocycles. The Morgan fingerprint density at radius 2 is 2.00 bits per heavy atom. The topological polar surface area (TPSA) is 29.1 Å². The van der Waals surface area contributed by atoms with Crippen LogP contribution in [0.5, 0.6) is 0 Å². The van der Waals surface area contributed by atoms with Gasteiger partial charge in [0, 0.05) is 0 Å². The van der Waals surface area contributed by atoms with Crippen molar-refractivity contribution in [2.24, 2.45) is 0 Å². The van der Waals surface area contributed by atoms with E-state index in [2.05, 4.69) is 5.32 Å². The first-order valence-electron chi connectivity index (χ1n) is 3.74. The lowest BCUT2D eigenvalue weighted by molar-refractivity contribution is 0.269. The summed E-state index contributed by atoms with van der Waals surface area (Å²) in [5.41, 5.74) is 2.53. The first kappa shape index (κ1) is 10.4. The van der Waals surface area contributed by atoms with Crippen molar-refractivity contribution in [2.45, 2.75) is 13.8 Å². The second-order valence-corrected chi connectivity index (χ2v) is 3.59. The summed E-state index contributed by atoms with van der Waals surface area (Å²) in [7, 11) is 0. The molecule has 0 bridgehead atoms. The van der Waals surface area contributed by atoms with Gasteiger partial charge >= 0.3 is 5.37 Å². The molecule has 0 aromatic heterocycles. The lowest BCUT2D eigenvalue weighted by Crippen LogP contribution is -2.03. The minimum Gasteiger partial charge on any atom is -0.311 e. The second-order valence-electron chi connectivity index (χ2n) is 2.84. The molecule has 0 radical (unpaired) electrons. The maximum atomic E-state index is 10.6. The Hall–Kier alpha value is -0.730. The molecule has 0 unspecified atom stereocenters. The van der Waals surface area contributed by atoms with Crippen molar-refractivity contribution in [3.63, 3.8) is 0 Å². The molecule has 1 N–H and O–H groups in total. The maximum Gasteiger partial charge on any atom is 0.318 e. The van der Waals surface area contributed by atoms with Crippen LogP contribution >= 0.6 is 23.2 Å². The van der Waals surface area contributed by atoms with Crippen molar-refractivity contribution in [3.05, 3.63) is 28.3 Å². The summed E-state index contributed by atoms with van der Waals surface area (Å²) in [6.45, 7) is 3.80. The van der Waals surface area contributed by atoms with E-state index < -0.39 is 5.37 Å². The zero-order valence-corrected chi connectivity index (χ0v) is 8.83. The molecule has 4 heteroatoms. The van der Waals surface area contributed by atoms with Gasteiger partial charge in [-0.3, -0.25) is 4.79 Å². The van der Waals surface area contributed by atoms with E-state index in [0.29, 0.717) is 10.7 Å². The van der Waals surface area contributed by atoms with Gasteiger partial charge in [-0.05, 0) is 42.6 Å². The highest BCUT2D eigenvalue weighted by Gasteiger charge is 2.06. The Labute approximate surface area is 86.8 Å². The molecule has 0 aliphatic rings. The average Bonchev–Trinajstić information content (AvgIpc) is 1.96. The van der Waals surface area contributed by atoms with Gasteiger partial charge in [0.05, 0.1) is 10.7 Å². The summed E-state index contributed by atoms with van der Waals surface area (Å²) >= 11 is 11.1. The zero-order valence-electron chi connectivity index (χ0n) is 7.32. The van der Waals surface area contributed by atoms with Crippen molar-refractivity contribution in [3.8, 4) is 0 Å². The van der Waals surface area contributed by atoms with Crippen molar-refractivity contribution < 1.29 is 4.79 Å². The maximum absolute atomic E-state index is 10.6. The highest BCUT2D eigenvalue weighted by Crippen LogP contribution is 2.27. The van der Waals surface area contributed by atoms with E-state index in [0.717, 1.165) is 11.1 Å². The van der Waals surface area contributed by atoms with E-state index in [1.807, 2.05) is 19.9 Å². The van der Waals surface area contributed by atoms with Gasteiger partial charge in [-0.1, -0.05) is 17.7 Å². The highest BCUT2D eigenvalue weighted by molar-refractivity contribution is 6.66. The van der Waals surface area contributed by atoms with Gasteiger partial charge in [0.25, 0.3) is 0 Å². The number of nitrogens with one attached hydrogen (secondary N) is 1. The molecule has 0 fully saturated rings. The van der Waals surface area contributed by atoms with Crippen LogP contribution in [0.4, 0.5) is 10.5 Å². The number of aryl methyl sites for hydroxylation is 2. The van der Waals surface area contributed by atoms with E-state index in [9.17, 15) is 4.79 Å². The van der Waals surface area contributed by atoms with Gasteiger partial charge in [-0.15, -0.1) is 0 Å². The molecule has 0 atom stereocenters. The van der Waals surface area contributed by atoms with E-state index in [1.165, 1.54) is 0 Å². The number of rotatable bonds is 1. The predicted molar refractivity (Wildman–Crippen MR) is 55.8 cm³/mol. The summed E-state index contributed by atoms with van der Waals surface area (Å²) in [5.74, 6) is 0.